The Bertz CT molecular complexity index is 1460. The Labute approximate surface area is 229 Å². The number of allylic oxidation sites excluding steroid dienone is 2. The molecule has 0 unspecified atom stereocenters. The molecule has 3 aromatic rings. The third-order valence-corrected chi connectivity index (χ3v) is 7.36. The van der Waals surface area contributed by atoms with Crippen LogP contribution in [0.25, 0.3) is 5.70 Å². The van der Waals surface area contributed by atoms with Gasteiger partial charge in [0.15, 0.2) is 17.3 Å². The fraction of sp³-hybridized carbons (Fsp3) is 0.200. The number of carbonyl (C=O) groups is 2. The van der Waals surface area contributed by atoms with E-state index in [1.807, 2.05) is 73.7 Å². The van der Waals surface area contributed by atoms with E-state index in [-0.39, 0.29) is 12.4 Å². The van der Waals surface area contributed by atoms with Gasteiger partial charge in [-0.25, -0.2) is 4.79 Å². The average molecular weight is 607 g/mol. The van der Waals surface area contributed by atoms with Gasteiger partial charge in [-0.05, 0) is 59.7 Å². The zero-order valence-electron chi connectivity index (χ0n) is 20.8. The van der Waals surface area contributed by atoms with Crippen LogP contribution in [-0.4, -0.2) is 25.5 Å². The number of ether oxygens (including phenoxy) is 3. The highest BCUT2D eigenvalue weighted by Gasteiger charge is 2.43. The van der Waals surface area contributed by atoms with Crippen molar-refractivity contribution in [3.8, 4) is 11.5 Å². The predicted molar refractivity (Wildman–Crippen MR) is 149 cm³/mol. The van der Waals surface area contributed by atoms with Crippen molar-refractivity contribution in [3.05, 3.63) is 109 Å². The van der Waals surface area contributed by atoms with E-state index in [9.17, 15) is 9.59 Å². The molecule has 5 rings (SSSR count). The van der Waals surface area contributed by atoms with Gasteiger partial charge in [-0.15, -0.1) is 0 Å². The zero-order valence-corrected chi connectivity index (χ0v) is 22.9. The second-order valence-electron chi connectivity index (χ2n) is 8.79. The molecule has 1 atom stereocenters. The van der Waals surface area contributed by atoms with Crippen molar-refractivity contribution in [1.29, 1.82) is 0 Å². The van der Waals surface area contributed by atoms with Crippen LogP contribution in [0.5, 0.6) is 11.5 Å². The molecule has 3 aromatic carbocycles. The van der Waals surface area contributed by atoms with E-state index >= 15 is 0 Å². The number of Topliss-reactive ketones (excluding diaryl/α,β-unsaturated/α-hetero) is 1. The smallest absolute Gasteiger partial charge is 0.336 e. The van der Waals surface area contributed by atoms with Crippen LogP contribution in [0.1, 0.15) is 46.8 Å². The van der Waals surface area contributed by atoms with Crippen molar-refractivity contribution >= 4 is 40.0 Å². The van der Waals surface area contributed by atoms with Crippen LogP contribution in [0, 0.1) is 3.57 Å². The Morgan fingerprint density at radius 2 is 1.73 bits per heavy atom. The van der Waals surface area contributed by atoms with Crippen LogP contribution >= 0.6 is 22.6 Å². The highest BCUT2D eigenvalue weighted by atomic mass is 127. The molecule has 0 saturated carbocycles. The molecule has 1 aliphatic carbocycles. The molecule has 0 aromatic heterocycles. The van der Waals surface area contributed by atoms with E-state index < -0.39 is 11.9 Å². The van der Waals surface area contributed by atoms with Crippen LogP contribution in [0.15, 0.2) is 83.6 Å². The van der Waals surface area contributed by atoms with E-state index in [1.165, 1.54) is 0 Å². The number of benzene rings is 3. The number of ketones is 1. The summed E-state index contributed by atoms with van der Waals surface area (Å²) in [6.07, 6.45) is 0. The molecule has 1 heterocycles. The van der Waals surface area contributed by atoms with Gasteiger partial charge in [-0.2, -0.15) is 0 Å². The third-order valence-electron chi connectivity index (χ3n) is 6.56. The standard InChI is InChI=1S/C30H26INO5/c1-4-36-30(34)24-17(2)32-27-20-12-8-9-13-21(20)28(33)26(27)25(24)19-14-22(31)29(23(15-19)35-3)37-16-18-10-6-5-7-11-18/h5-15,25,32H,4,16H2,1-3H3/t25-/m1/s1. The van der Waals surface area contributed by atoms with Gasteiger partial charge in [-0.3, -0.25) is 4.79 Å². The first-order chi connectivity index (χ1) is 17.9. The summed E-state index contributed by atoms with van der Waals surface area (Å²) in [5.74, 6) is -0.0386. The van der Waals surface area contributed by atoms with Gasteiger partial charge < -0.3 is 19.5 Å². The number of methoxy groups -OCH3 is 1. The first-order valence-corrected chi connectivity index (χ1v) is 13.1. The highest BCUT2D eigenvalue weighted by molar-refractivity contribution is 14.1. The first kappa shape index (κ1) is 25.1. The van der Waals surface area contributed by atoms with Crippen molar-refractivity contribution in [2.24, 2.45) is 0 Å². The molecule has 0 amide bonds. The summed E-state index contributed by atoms with van der Waals surface area (Å²) >= 11 is 2.21. The third kappa shape index (κ3) is 4.52. The molecular weight excluding hydrogens is 581 g/mol. The van der Waals surface area contributed by atoms with Gasteiger partial charge in [0.2, 0.25) is 0 Å². The molecule has 1 aliphatic heterocycles. The van der Waals surface area contributed by atoms with Crippen LogP contribution in [-0.2, 0) is 16.1 Å². The highest BCUT2D eigenvalue weighted by Crippen LogP contribution is 2.48. The molecule has 0 fully saturated rings. The lowest BCUT2D eigenvalue weighted by Crippen LogP contribution is -2.29. The fourth-order valence-electron chi connectivity index (χ4n) is 4.92. The van der Waals surface area contributed by atoms with E-state index in [4.69, 9.17) is 14.2 Å². The normalized spacial score (nSPS) is 16.2. The molecule has 2 aliphatic rings. The van der Waals surface area contributed by atoms with Gasteiger partial charge in [-0.1, -0.05) is 54.6 Å². The molecule has 0 spiro atoms. The Morgan fingerprint density at radius 3 is 2.43 bits per heavy atom. The van der Waals surface area contributed by atoms with Gasteiger partial charge in [0.1, 0.15) is 6.61 Å². The molecule has 0 radical (unpaired) electrons. The van der Waals surface area contributed by atoms with Gasteiger partial charge in [0.05, 0.1) is 28.6 Å². The van der Waals surface area contributed by atoms with E-state index in [0.717, 1.165) is 26.0 Å². The lowest BCUT2D eigenvalue weighted by Gasteiger charge is -2.30. The quantitative estimate of drug-likeness (QED) is 0.262. The Morgan fingerprint density at radius 1 is 1.03 bits per heavy atom. The van der Waals surface area contributed by atoms with Crippen molar-refractivity contribution in [2.75, 3.05) is 13.7 Å². The monoisotopic (exact) mass is 607 g/mol. The molecule has 0 saturated heterocycles. The minimum absolute atomic E-state index is 0.101. The molecule has 1 N–H and O–H groups in total. The number of fused-ring (bicyclic) bond motifs is 2. The number of hydrogen-bond acceptors (Lipinski definition) is 6. The predicted octanol–water partition coefficient (Wildman–Crippen LogP) is 6.01. The summed E-state index contributed by atoms with van der Waals surface area (Å²) in [5.41, 5.74) is 5.58. The number of nitrogens with one attached hydrogen (secondary N) is 1. The Hall–Kier alpha value is -3.59. The van der Waals surface area contributed by atoms with Crippen LogP contribution in [0.4, 0.5) is 0 Å². The minimum atomic E-state index is -0.624. The van der Waals surface area contributed by atoms with Crippen LogP contribution < -0.4 is 14.8 Å². The number of dihydropyridines is 1. The summed E-state index contributed by atoms with van der Waals surface area (Å²) in [5, 5.41) is 3.33. The number of halogens is 1. The number of hydrogen-bond donors (Lipinski definition) is 1. The summed E-state index contributed by atoms with van der Waals surface area (Å²) in [6.45, 7) is 4.23. The molecule has 37 heavy (non-hydrogen) atoms. The van der Waals surface area contributed by atoms with Gasteiger partial charge in [0, 0.05) is 28.3 Å². The van der Waals surface area contributed by atoms with Crippen LogP contribution in [0.2, 0.25) is 0 Å². The maximum atomic E-state index is 13.7. The molecule has 6 nitrogen and oxygen atoms in total. The molecule has 7 heteroatoms. The molecule has 0 bridgehead atoms. The van der Waals surface area contributed by atoms with Crippen molar-refractivity contribution in [3.63, 3.8) is 0 Å². The van der Waals surface area contributed by atoms with E-state index in [0.29, 0.717) is 40.5 Å². The second-order valence-corrected chi connectivity index (χ2v) is 9.95. The SMILES string of the molecule is CCOC(=O)C1=C(C)NC2=C(C(=O)c3ccccc32)[C@@H]1c1cc(I)c(OCc2ccccc2)c(OC)c1. The molecular formula is C30H26INO5. The van der Waals surface area contributed by atoms with Crippen molar-refractivity contribution in [2.45, 2.75) is 26.4 Å². The number of rotatable bonds is 7. The summed E-state index contributed by atoms with van der Waals surface area (Å²) < 4.78 is 18.1. The van der Waals surface area contributed by atoms with Crippen LogP contribution in [0.3, 0.4) is 0 Å². The lowest BCUT2D eigenvalue weighted by atomic mass is 9.79. The topological polar surface area (TPSA) is 73.9 Å². The Balaban J connectivity index is 1.62. The summed E-state index contributed by atoms with van der Waals surface area (Å²) in [7, 11) is 1.58. The fourth-order valence-corrected chi connectivity index (χ4v) is 5.70. The zero-order chi connectivity index (χ0) is 26.1. The van der Waals surface area contributed by atoms with Crippen molar-refractivity contribution in [1.82, 2.24) is 5.32 Å². The summed E-state index contributed by atoms with van der Waals surface area (Å²) in [6, 6.07) is 21.2. The lowest BCUT2D eigenvalue weighted by molar-refractivity contribution is -0.138. The van der Waals surface area contributed by atoms with Gasteiger partial charge in [0.25, 0.3) is 0 Å². The summed E-state index contributed by atoms with van der Waals surface area (Å²) in [4.78, 5) is 26.9. The maximum absolute atomic E-state index is 13.7. The Kier molecular flexibility index (Phi) is 7.06. The maximum Gasteiger partial charge on any atom is 0.336 e. The first-order valence-electron chi connectivity index (χ1n) is 12.0. The van der Waals surface area contributed by atoms with Gasteiger partial charge >= 0.3 is 5.97 Å². The van der Waals surface area contributed by atoms with E-state index in [1.54, 1.807) is 14.0 Å². The average Bonchev–Trinajstić information content (AvgIpc) is 3.18. The number of esters is 1. The largest absolute Gasteiger partial charge is 0.493 e. The molecule has 188 valence electrons. The van der Waals surface area contributed by atoms with E-state index in [2.05, 4.69) is 27.9 Å². The minimum Gasteiger partial charge on any atom is -0.493 e. The second kappa shape index (κ2) is 10.4. The van der Waals surface area contributed by atoms with Crippen molar-refractivity contribution < 1.29 is 23.8 Å². The number of carbonyl (C=O) groups excluding carboxylic acids is 2.